The van der Waals surface area contributed by atoms with Crippen LogP contribution in [-0.2, 0) is 11.2 Å². The summed E-state index contributed by atoms with van der Waals surface area (Å²) in [5.41, 5.74) is 1.12. The van der Waals surface area contributed by atoms with Crippen molar-refractivity contribution in [2.75, 3.05) is 18.8 Å². The Morgan fingerprint density at radius 2 is 1.56 bits per heavy atom. The Morgan fingerprint density at radius 3 is 1.88 bits per heavy atom. The Bertz CT molecular complexity index is 363. The molecular formula is C12H16OS3. The van der Waals surface area contributed by atoms with Crippen LogP contribution >= 0.6 is 35.3 Å². The molecule has 0 saturated carbocycles. The molecule has 0 saturated heterocycles. The third-order valence-electron chi connectivity index (χ3n) is 2.18. The molecule has 0 heterocycles. The molecule has 0 aliphatic carbocycles. The average Bonchev–Trinajstić information content (AvgIpc) is 2.26. The second kappa shape index (κ2) is 6.62. The fourth-order valence-electron chi connectivity index (χ4n) is 1.52. The molecule has 0 unspecified atom stereocenters. The van der Waals surface area contributed by atoms with E-state index < -0.39 is 0 Å². The van der Waals surface area contributed by atoms with Gasteiger partial charge >= 0.3 is 0 Å². The van der Waals surface area contributed by atoms with E-state index in [4.69, 9.17) is 0 Å². The molecule has 88 valence electrons. The summed E-state index contributed by atoms with van der Waals surface area (Å²) in [7, 11) is 0. The highest BCUT2D eigenvalue weighted by atomic mass is 32.2. The summed E-state index contributed by atoms with van der Waals surface area (Å²) in [5.74, 6) is 0.219. The van der Waals surface area contributed by atoms with Gasteiger partial charge in [0.15, 0.2) is 0 Å². The minimum absolute atomic E-state index is 0.219. The molecule has 0 aromatic heterocycles. The zero-order valence-electron chi connectivity index (χ0n) is 9.99. The third-order valence-corrected chi connectivity index (χ3v) is 4.81. The number of Topliss-reactive ketones (excluding diaryl/α,β-unsaturated/α-hetero) is 1. The maximum absolute atomic E-state index is 11.1. The Morgan fingerprint density at radius 1 is 1.06 bits per heavy atom. The van der Waals surface area contributed by atoms with Gasteiger partial charge in [-0.2, -0.15) is 0 Å². The van der Waals surface area contributed by atoms with E-state index in [0.717, 1.165) is 5.56 Å². The normalized spacial score (nSPS) is 10.5. The van der Waals surface area contributed by atoms with Crippen molar-refractivity contribution in [1.82, 2.24) is 0 Å². The molecule has 0 bridgehead atoms. The summed E-state index contributed by atoms with van der Waals surface area (Å²) in [4.78, 5) is 15.0. The summed E-state index contributed by atoms with van der Waals surface area (Å²) in [5, 5.41) is 0. The van der Waals surface area contributed by atoms with E-state index in [1.165, 1.54) is 14.7 Å². The molecule has 1 aromatic carbocycles. The van der Waals surface area contributed by atoms with Crippen LogP contribution in [0.2, 0.25) is 0 Å². The van der Waals surface area contributed by atoms with Gasteiger partial charge in [0.1, 0.15) is 5.78 Å². The van der Waals surface area contributed by atoms with Gasteiger partial charge in [-0.3, -0.25) is 4.79 Å². The fourth-order valence-corrected chi connectivity index (χ4v) is 4.24. The van der Waals surface area contributed by atoms with Crippen molar-refractivity contribution in [2.45, 2.75) is 28.0 Å². The summed E-state index contributed by atoms with van der Waals surface area (Å²) in [6.07, 6.45) is 6.79. The molecule has 0 aliphatic rings. The lowest BCUT2D eigenvalue weighted by atomic mass is 10.1. The van der Waals surface area contributed by atoms with E-state index in [1.54, 1.807) is 42.2 Å². The van der Waals surface area contributed by atoms with Crippen molar-refractivity contribution in [3.8, 4) is 0 Å². The average molecular weight is 272 g/mol. The standard InChI is InChI=1S/C12H16OS3/c1-8(13)5-9-6-10(14-2)12(16-4)11(7-9)15-3/h6-7H,5H2,1-4H3. The highest BCUT2D eigenvalue weighted by Gasteiger charge is 2.10. The maximum Gasteiger partial charge on any atom is 0.134 e. The molecule has 0 spiro atoms. The topological polar surface area (TPSA) is 17.1 Å². The first kappa shape index (κ1) is 14.0. The highest BCUT2D eigenvalue weighted by Crippen LogP contribution is 2.37. The van der Waals surface area contributed by atoms with Crippen molar-refractivity contribution in [2.24, 2.45) is 0 Å². The van der Waals surface area contributed by atoms with Gasteiger partial charge in [0.2, 0.25) is 0 Å². The van der Waals surface area contributed by atoms with Gasteiger partial charge in [0.05, 0.1) is 0 Å². The van der Waals surface area contributed by atoms with Gasteiger partial charge in [0, 0.05) is 21.1 Å². The van der Waals surface area contributed by atoms with Crippen LogP contribution in [0.3, 0.4) is 0 Å². The molecule has 0 amide bonds. The van der Waals surface area contributed by atoms with Crippen LogP contribution in [0.15, 0.2) is 26.8 Å². The fraction of sp³-hybridized carbons (Fsp3) is 0.417. The monoisotopic (exact) mass is 272 g/mol. The Balaban J connectivity index is 3.20. The molecule has 16 heavy (non-hydrogen) atoms. The van der Waals surface area contributed by atoms with Crippen molar-refractivity contribution < 1.29 is 4.79 Å². The maximum atomic E-state index is 11.1. The molecule has 1 rings (SSSR count). The van der Waals surface area contributed by atoms with E-state index in [1.807, 2.05) is 0 Å². The molecule has 4 heteroatoms. The van der Waals surface area contributed by atoms with Crippen molar-refractivity contribution >= 4 is 41.1 Å². The predicted octanol–water partition coefficient (Wildman–Crippen LogP) is 3.98. The lowest BCUT2D eigenvalue weighted by molar-refractivity contribution is -0.116. The molecule has 0 N–H and O–H groups in total. The number of hydrogen-bond acceptors (Lipinski definition) is 4. The second-order valence-corrected chi connectivity index (χ2v) is 5.93. The number of carbonyl (C=O) groups is 1. The van der Waals surface area contributed by atoms with Gasteiger partial charge in [-0.1, -0.05) is 0 Å². The molecule has 0 radical (unpaired) electrons. The molecule has 0 fully saturated rings. The van der Waals surface area contributed by atoms with Gasteiger partial charge < -0.3 is 0 Å². The van der Waals surface area contributed by atoms with Gasteiger partial charge in [-0.25, -0.2) is 0 Å². The quantitative estimate of drug-likeness (QED) is 0.754. The lowest BCUT2D eigenvalue weighted by Gasteiger charge is -2.12. The number of benzene rings is 1. The van der Waals surface area contributed by atoms with Crippen LogP contribution in [0.5, 0.6) is 0 Å². The predicted molar refractivity (Wildman–Crippen MR) is 76.2 cm³/mol. The number of thioether (sulfide) groups is 3. The first-order valence-corrected chi connectivity index (χ1v) is 8.58. The Hall–Kier alpha value is -0.0600. The van der Waals surface area contributed by atoms with Gasteiger partial charge in [-0.15, -0.1) is 35.3 Å². The third kappa shape index (κ3) is 3.47. The minimum Gasteiger partial charge on any atom is -0.300 e. The van der Waals surface area contributed by atoms with Crippen molar-refractivity contribution in [3.63, 3.8) is 0 Å². The second-order valence-electron chi connectivity index (χ2n) is 3.41. The molecule has 1 aromatic rings. The summed E-state index contributed by atoms with van der Waals surface area (Å²) in [6, 6.07) is 4.27. The first-order chi connectivity index (χ1) is 7.62. The van der Waals surface area contributed by atoms with Crippen molar-refractivity contribution in [3.05, 3.63) is 17.7 Å². The summed E-state index contributed by atoms with van der Waals surface area (Å²) < 4.78 is 0. The van der Waals surface area contributed by atoms with E-state index in [-0.39, 0.29) is 5.78 Å². The minimum atomic E-state index is 0.219. The number of ketones is 1. The van der Waals surface area contributed by atoms with Gasteiger partial charge in [-0.05, 0) is 43.4 Å². The first-order valence-electron chi connectivity index (χ1n) is 4.90. The molecular weight excluding hydrogens is 256 g/mol. The van der Waals surface area contributed by atoms with Crippen molar-refractivity contribution in [1.29, 1.82) is 0 Å². The lowest BCUT2D eigenvalue weighted by Crippen LogP contribution is -1.97. The van der Waals surface area contributed by atoms with Crippen LogP contribution in [0.4, 0.5) is 0 Å². The number of rotatable bonds is 5. The SMILES string of the molecule is CSc1cc(CC(C)=O)cc(SC)c1SC. The van der Waals surface area contributed by atoms with E-state index in [0.29, 0.717) is 6.42 Å². The highest BCUT2D eigenvalue weighted by molar-refractivity contribution is 8.03. The van der Waals surface area contributed by atoms with Crippen LogP contribution < -0.4 is 0 Å². The van der Waals surface area contributed by atoms with Crippen LogP contribution in [0, 0.1) is 0 Å². The van der Waals surface area contributed by atoms with E-state index in [9.17, 15) is 4.79 Å². The Labute approximate surface area is 110 Å². The molecule has 0 aliphatic heterocycles. The molecule has 1 nitrogen and oxygen atoms in total. The summed E-state index contributed by atoms with van der Waals surface area (Å²) in [6.45, 7) is 1.64. The van der Waals surface area contributed by atoms with E-state index >= 15 is 0 Å². The smallest absolute Gasteiger partial charge is 0.134 e. The van der Waals surface area contributed by atoms with E-state index in [2.05, 4.69) is 30.9 Å². The zero-order chi connectivity index (χ0) is 12.1. The largest absolute Gasteiger partial charge is 0.300 e. The summed E-state index contributed by atoms with van der Waals surface area (Å²) >= 11 is 5.26. The van der Waals surface area contributed by atoms with Gasteiger partial charge in [0.25, 0.3) is 0 Å². The zero-order valence-corrected chi connectivity index (χ0v) is 12.4. The number of carbonyl (C=O) groups excluding carboxylic acids is 1. The molecule has 0 atom stereocenters. The number of hydrogen-bond donors (Lipinski definition) is 0. The van der Waals surface area contributed by atoms with Crippen LogP contribution in [0.25, 0.3) is 0 Å². The van der Waals surface area contributed by atoms with Crippen LogP contribution in [0.1, 0.15) is 12.5 Å². The van der Waals surface area contributed by atoms with Crippen LogP contribution in [-0.4, -0.2) is 24.6 Å². The Kier molecular flexibility index (Phi) is 5.79.